The van der Waals surface area contributed by atoms with Gasteiger partial charge in [-0.2, -0.15) is 0 Å². The molecule has 1 aromatic heterocycles. The van der Waals surface area contributed by atoms with E-state index in [0.717, 1.165) is 49.4 Å². The molecule has 1 saturated heterocycles. The molecule has 0 saturated carbocycles. The van der Waals surface area contributed by atoms with E-state index >= 15 is 0 Å². The standard InChI is InChI=1S/C20H27ClN2O2/c21-18-8-3-7-17-16-6-1-2-9-19(16)23(20(17)18)13-14(24)11-22-12-15-5-4-10-25-15/h3,7-8,14-15,22,24H,1-2,4-6,9-13H2/t14-,15-/m0/s1. The van der Waals surface area contributed by atoms with E-state index in [0.29, 0.717) is 19.2 Å². The van der Waals surface area contributed by atoms with Crippen LogP contribution in [-0.2, 0) is 24.1 Å². The minimum Gasteiger partial charge on any atom is -0.390 e. The summed E-state index contributed by atoms with van der Waals surface area (Å²) in [5.41, 5.74) is 3.89. The van der Waals surface area contributed by atoms with E-state index in [9.17, 15) is 5.11 Å². The first-order chi connectivity index (χ1) is 12.2. The normalized spacial score (nSPS) is 21.6. The van der Waals surface area contributed by atoms with Crippen molar-refractivity contribution in [2.45, 2.75) is 57.3 Å². The van der Waals surface area contributed by atoms with Gasteiger partial charge in [-0.1, -0.05) is 23.7 Å². The van der Waals surface area contributed by atoms with Crippen molar-refractivity contribution in [3.8, 4) is 0 Å². The van der Waals surface area contributed by atoms with Gasteiger partial charge in [0.05, 0.1) is 29.3 Å². The second kappa shape index (κ2) is 7.67. The lowest BCUT2D eigenvalue weighted by Gasteiger charge is -2.20. The highest BCUT2D eigenvalue weighted by molar-refractivity contribution is 6.35. The first-order valence-electron chi connectivity index (χ1n) is 9.53. The molecular formula is C20H27ClN2O2. The van der Waals surface area contributed by atoms with Gasteiger partial charge in [0.1, 0.15) is 0 Å². The number of aliphatic hydroxyl groups excluding tert-OH is 1. The Balaban J connectivity index is 1.50. The van der Waals surface area contributed by atoms with Crippen LogP contribution < -0.4 is 5.32 Å². The molecule has 2 aromatic rings. The van der Waals surface area contributed by atoms with Crippen LogP contribution in [0.4, 0.5) is 0 Å². The van der Waals surface area contributed by atoms with Gasteiger partial charge < -0.3 is 19.7 Å². The molecule has 5 heteroatoms. The second-order valence-corrected chi connectivity index (χ2v) is 7.73. The number of benzene rings is 1. The molecule has 2 atom stereocenters. The van der Waals surface area contributed by atoms with Crippen molar-refractivity contribution in [3.63, 3.8) is 0 Å². The number of aryl methyl sites for hydroxylation is 1. The SMILES string of the molecule is O[C@@H](CNC[C@@H]1CCCO1)Cn1c2c(c3cccc(Cl)c31)CCCC2. The largest absolute Gasteiger partial charge is 0.390 e. The second-order valence-electron chi connectivity index (χ2n) is 7.33. The minimum atomic E-state index is -0.431. The average molecular weight is 363 g/mol. The molecular weight excluding hydrogens is 336 g/mol. The maximum Gasteiger partial charge on any atom is 0.0843 e. The van der Waals surface area contributed by atoms with Crippen molar-refractivity contribution in [2.24, 2.45) is 0 Å². The summed E-state index contributed by atoms with van der Waals surface area (Å²) in [6.45, 7) is 2.87. The third kappa shape index (κ3) is 3.59. The number of hydrogen-bond acceptors (Lipinski definition) is 3. The molecule has 1 aromatic carbocycles. The van der Waals surface area contributed by atoms with Crippen LogP contribution >= 0.6 is 11.6 Å². The zero-order valence-corrected chi connectivity index (χ0v) is 15.4. The first-order valence-corrected chi connectivity index (χ1v) is 9.90. The Morgan fingerprint density at radius 2 is 2.16 bits per heavy atom. The lowest BCUT2D eigenvalue weighted by Crippen LogP contribution is -2.35. The Bertz CT molecular complexity index is 737. The van der Waals surface area contributed by atoms with Crippen molar-refractivity contribution in [3.05, 3.63) is 34.5 Å². The van der Waals surface area contributed by atoms with E-state index < -0.39 is 6.10 Å². The molecule has 136 valence electrons. The summed E-state index contributed by atoms with van der Waals surface area (Å²) in [4.78, 5) is 0. The predicted molar refractivity (Wildman–Crippen MR) is 101 cm³/mol. The molecule has 0 amide bonds. The molecule has 2 N–H and O–H groups in total. The third-order valence-electron chi connectivity index (χ3n) is 5.52. The Morgan fingerprint density at radius 3 is 3.00 bits per heavy atom. The maximum absolute atomic E-state index is 10.6. The average Bonchev–Trinajstić information content (AvgIpc) is 3.23. The first kappa shape index (κ1) is 17.3. The van der Waals surface area contributed by atoms with Crippen molar-refractivity contribution in [1.29, 1.82) is 0 Å². The van der Waals surface area contributed by atoms with Crippen molar-refractivity contribution in [2.75, 3.05) is 19.7 Å². The molecule has 0 bridgehead atoms. The smallest absolute Gasteiger partial charge is 0.0843 e. The summed E-state index contributed by atoms with van der Waals surface area (Å²) in [5, 5.41) is 16.0. The van der Waals surface area contributed by atoms with Crippen LogP contribution in [0.3, 0.4) is 0 Å². The number of halogens is 1. The van der Waals surface area contributed by atoms with E-state index in [4.69, 9.17) is 16.3 Å². The molecule has 1 fully saturated rings. The number of aliphatic hydroxyl groups is 1. The summed E-state index contributed by atoms with van der Waals surface area (Å²) in [6, 6.07) is 6.15. The highest BCUT2D eigenvalue weighted by Crippen LogP contribution is 2.35. The van der Waals surface area contributed by atoms with Gasteiger partial charge in [-0.15, -0.1) is 0 Å². The van der Waals surface area contributed by atoms with Gasteiger partial charge in [-0.25, -0.2) is 0 Å². The van der Waals surface area contributed by atoms with Crippen molar-refractivity contribution < 1.29 is 9.84 Å². The molecule has 1 aliphatic carbocycles. The van der Waals surface area contributed by atoms with Gasteiger partial charge in [0, 0.05) is 30.8 Å². The number of nitrogens with zero attached hydrogens (tertiary/aromatic N) is 1. The summed E-state index contributed by atoms with van der Waals surface area (Å²) in [6.07, 6.45) is 6.80. The third-order valence-corrected chi connectivity index (χ3v) is 5.82. The Labute approximate surface area is 154 Å². The van der Waals surface area contributed by atoms with Gasteiger partial charge >= 0.3 is 0 Å². The number of rotatable bonds is 6. The van der Waals surface area contributed by atoms with E-state index in [1.165, 1.54) is 29.5 Å². The summed E-state index contributed by atoms with van der Waals surface area (Å²) in [5.74, 6) is 0. The predicted octanol–water partition coefficient (Wildman–Crippen LogP) is 3.30. The molecule has 0 radical (unpaired) electrons. The summed E-state index contributed by atoms with van der Waals surface area (Å²) >= 11 is 6.52. The Hall–Kier alpha value is -1.07. The molecule has 1 aliphatic heterocycles. The Kier molecular flexibility index (Phi) is 5.32. The van der Waals surface area contributed by atoms with Crippen LogP contribution in [0.25, 0.3) is 10.9 Å². The van der Waals surface area contributed by atoms with Crippen LogP contribution in [0.2, 0.25) is 5.02 Å². The number of hydrogen-bond donors (Lipinski definition) is 2. The fraction of sp³-hybridized carbons (Fsp3) is 0.600. The van der Waals surface area contributed by atoms with Gasteiger partial charge in [-0.05, 0) is 50.2 Å². The number of para-hydroxylation sites is 1. The lowest BCUT2D eigenvalue weighted by atomic mass is 9.95. The van der Waals surface area contributed by atoms with Crippen molar-refractivity contribution in [1.82, 2.24) is 9.88 Å². The fourth-order valence-electron chi connectivity index (χ4n) is 4.34. The van der Waals surface area contributed by atoms with E-state index in [2.05, 4.69) is 16.0 Å². The van der Waals surface area contributed by atoms with Crippen molar-refractivity contribution >= 4 is 22.5 Å². The molecule has 2 aliphatic rings. The monoisotopic (exact) mass is 362 g/mol. The number of nitrogens with one attached hydrogen (secondary N) is 1. The van der Waals surface area contributed by atoms with Gasteiger partial charge in [0.2, 0.25) is 0 Å². The molecule has 25 heavy (non-hydrogen) atoms. The number of aromatic nitrogens is 1. The van der Waals surface area contributed by atoms with Crippen LogP contribution in [0.5, 0.6) is 0 Å². The highest BCUT2D eigenvalue weighted by Gasteiger charge is 2.23. The number of ether oxygens (including phenoxy) is 1. The van der Waals surface area contributed by atoms with Crippen LogP contribution in [0.15, 0.2) is 18.2 Å². The van der Waals surface area contributed by atoms with E-state index in [-0.39, 0.29) is 0 Å². The van der Waals surface area contributed by atoms with Crippen LogP contribution in [-0.4, -0.2) is 41.6 Å². The molecule has 2 heterocycles. The van der Waals surface area contributed by atoms with Gasteiger partial charge in [0.15, 0.2) is 0 Å². The highest BCUT2D eigenvalue weighted by atomic mass is 35.5. The van der Waals surface area contributed by atoms with Crippen LogP contribution in [0, 0.1) is 0 Å². The van der Waals surface area contributed by atoms with E-state index in [1.54, 1.807) is 0 Å². The summed E-state index contributed by atoms with van der Waals surface area (Å²) in [7, 11) is 0. The molecule has 0 spiro atoms. The van der Waals surface area contributed by atoms with E-state index in [1.807, 2.05) is 12.1 Å². The minimum absolute atomic E-state index is 0.307. The van der Waals surface area contributed by atoms with Gasteiger partial charge in [0.25, 0.3) is 0 Å². The zero-order chi connectivity index (χ0) is 17.2. The molecule has 0 unspecified atom stereocenters. The summed E-state index contributed by atoms with van der Waals surface area (Å²) < 4.78 is 7.89. The fourth-order valence-corrected chi connectivity index (χ4v) is 4.62. The quantitative estimate of drug-likeness (QED) is 0.828. The lowest BCUT2D eigenvalue weighted by molar-refractivity contribution is 0.101. The zero-order valence-electron chi connectivity index (χ0n) is 14.6. The molecule has 4 rings (SSSR count). The van der Waals surface area contributed by atoms with Gasteiger partial charge in [-0.3, -0.25) is 0 Å². The van der Waals surface area contributed by atoms with Crippen LogP contribution in [0.1, 0.15) is 36.9 Å². The molecule has 4 nitrogen and oxygen atoms in total. The maximum atomic E-state index is 10.6. The topological polar surface area (TPSA) is 46.4 Å². The number of fused-ring (bicyclic) bond motifs is 3. The Morgan fingerprint density at radius 1 is 1.28 bits per heavy atom.